The summed E-state index contributed by atoms with van der Waals surface area (Å²) in [5.74, 6) is -0.707. The Balaban J connectivity index is 1.98. The maximum Gasteiger partial charge on any atom is 0.329 e. The average Bonchev–Trinajstić information content (AvgIpc) is 2.72. The summed E-state index contributed by atoms with van der Waals surface area (Å²) in [5.41, 5.74) is 1.86. The van der Waals surface area contributed by atoms with Gasteiger partial charge in [0.1, 0.15) is 5.69 Å². The van der Waals surface area contributed by atoms with Gasteiger partial charge in [0.2, 0.25) is 0 Å². The number of hydrogen-bond acceptors (Lipinski definition) is 6. The Bertz CT molecular complexity index is 840. The fraction of sp³-hybridized carbons (Fsp3) is 0.524. The second-order valence-electron chi connectivity index (χ2n) is 7.17. The van der Waals surface area contributed by atoms with Gasteiger partial charge in [-0.15, -0.1) is 0 Å². The molecule has 2 heterocycles. The number of piperidine rings is 1. The first kappa shape index (κ1) is 19.1. The predicted octanol–water partition coefficient (Wildman–Crippen LogP) is 3.82. The van der Waals surface area contributed by atoms with Crippen LogP contribution in [0.1, 0.15) is 51.1 Å². The zero-order valence-corrected chi connectivity index (χ0v) is 16.0. The number of ether oxygens (including phenoxy) is 1. The SMILES string of the molecule is CC[C@@H](C)COC(=O)[C@@H](C#N)c1nc2ccccc2nc1N1CCCCC1. The molecular weight excluding hydrogens is 340 g/mol. The third-order valence-electron chi connectivity index (χ3n) is 5.08. The number of rotatable bonds is 6. The normalized spacial score (nSPS) is 16.6. The highest BCUT2D eigenvalue weighted by Crippen LogP contribution is 2.29. The highest BCUT2D eigenvalue weighted by molar-refractivity contribution is 5.85. The van der Waals surface area contributed by atoms with Crippen molar-refractivity contribution in [1.29, 1.82) is 5.26 Å². The molecule has 0 radical (unpaired) electrons. The number of anilines is 1. The lowest BCUT2D eigenvalue weighted by Gasteiger charge is -2.29. The lowest BCUT2D eigenvalue weighted by Crippen LogP contribution is -2.32. The molecule has 1 aromatic carbocycles. The molecule has 0 amide bonds. The van der Waals surface area contributed by atoms with Gasteiger partial charge in [0.15, 0.2) is 11.7 Å². The molecule has 3 rings (SSSR count). The maximum absolute atomic E-state index is 12.6. The van der Waals surface area contributed by atoms with Crippen molar-refractivity contribution in [2.75, 3.05) is 24.6 Å². The molecule has 0 saturated carbocycles. The Morgan fingerprint density at radius 1 is 1.22 bits per heavy atom. The van der Waals surface area contributed by atoms with Crippen molar-refractivity contribution >= 4 is 22.8 Å². The Hall–Kier alpha value is -2.68. The fourth-order valence-electron chi connectivity index (χ4n) is 3.19. The summed E-state index contributed by atoms with van der Waals surface area (Å²) in [6.45, 7) is 6.10. The predicted molar refractivity (Wildman–Crippen MR) is 104 cm³/mol. The van der Waals surface area contributed by atoms with E-state index in [1.54, 1.807) is 0 Å². The molecule has 6 heteroatoms. The largest absolute Gasteiger partial charge is 0.464 e. The molecular formula is C21H26N4O2. The van der Waals surface area contributed by atoms with Crippen molar-refractivity contribution in [3.63, 3.8) is 0 Å². The fourth-order valence-corrected chi connectivity index (χ4v) is 3.19. The zero-order valence-electron chi connectivity index (χ0n) is 16.0. The van der Waals surface area contributed by atoms with Gasteiger partial charge in [-0.3, -0.25) is 4.79 Å². The molecule has 27 heavy (non-hydrogen) atoms. The minimum Gasteiger partial charge on any atom is -0.464 e. The number of esters is 1. The number of hydrogen-bond donors (Lipinski definition) is 0. The molecule has 0 unspecified atom stereocenters. The van der Waals surface area contributed by atoms with Crippen LogP contribution in [0.5, 0.6) is 0 Å². The van der Waals surface area contributed by atoms with Crippen LogP contribution in [0.25, 0.3) is 11.0 Å². The number of nitrogens with zero attached hydrogens (tertiary/aromatic N) is 4. The summed E-state index contributed by atoms with van der Waals surface area (Å²) < 4.78 is 5.41. The van der Waals surface area contributed by atoms with E-state index in [0.29, 0.717) is 23.6 Å². The molecule has 1 fully saturated rings. The number of fused-ring (bicyclic) bond motifs is 1. The highest BCUT2D eigenvalue weighted by Gasteiger charge is 2.30. The molecule has 1 saturated heterocycles. The maximum atomic E-state index is 12.6. The molecule has 6 nitrogen and oxygen atoms in total. The number of para-hydroxylation sites is 2. The van der Waals surface area contributed by atoms with Crippen molar-refractivity contribution in [2.45, 2.75) is 45.4 Å². The Morgan fingerprint density at radius 3 is 2.52 bits per heavy atom. The van der Waals surface area contributed by atoms with Gasteiger partial charge in [0.05, 0.1) is 23.7 Å². The van der Waals surface area contributed by atoms with Gasteiger partial charge in [-0.1, -0.05) is 32.4 Å². The van der Waals surface area contributed by atoms with Gasteiger partial charge in [-0.25, -0.2) is 9.97 Å². The van der Waals surface area contributed by atoms with Crippen LogP contribution < -0.4 is 4.90 Å². The van der Waals surface area contributed by atoms with Crippen molar-refractivity contribution in [3.8, 4) is 6.07 Å². The van der Waals surface area contributed by atoms with E-state index in [0.717, 1.165) is 37.9 Å². The molecule has 0 N–H and O–H groups in total. The number of carbonyl (C=O) groups is 1. The lowest BCUT2D eigenvalue weighted by atomic mass is 10.0. The van der Waals surface area contributed by atoms with Gasteiger partial charge < -0.3 is 9.64 Å². The Labute approximate surface area is 160 Å². The van der Waals surface area contributed by atoms with E-state index in [1.165, 1.54) is 6.42 Å². The molecule has 2 atom stereocenters. The Morgan fingerprint density at radius 2 is 1.89 bits per heavy atom. The van der Waals surface area contributed by atoms with E-state index < -0.39 is 11.9 Å². The van der Waals surface area contributed by atoms with E-state index in [1.807, 2.05) is 38.1 Å². The molecule has 0 spiro atoms. The van der Waals surface area contributed by atoms with Crippen LogP contribution >= 0.6 is 0 Å². The quantitative estimate of drug-likeness (QED) is 0.723. The Kier molecular flexibility index (Phi) is 6.23. The van der Waals surface area contributed by atoms with Crippen molar-refractivity contribution in [3.05, 3.63) is 30.0 Å². The first-order valence-electron chi connectivity index (χ1n) is 9.72. The number of nitriles is 1. The third-order valence-corrected chi connectivity index (χ3v) is 5.08. The molecule has 0 aliphatic carbocycles. The summed E-state index contributed by atoms with van der Waals surface area (Å²) in [6, 6.07) is 9.65. The number of aromatic nitrogens is 2. The first-order valence-corrected chi connectivity index (χ1v) is 9.72. The minimum atomic E-state index is -1.07. The summed E-state index contributed by atoms with van der Waals surface area (Å²) in [6.07, 6.45) is 4.25. The van der Waals surface area contributed by atoms with Crippen LogP contribution in [0, 0.1) is 17.2 Å². The monoisotopic (exact) mass is 366 g/mol. The van der Waals surface area contributed by atoms with Crippen LogP contribution in [0.15, 0.2) is 24.3 Å². The third kappa shape index (κ3) is 4.36. The zero-order chi connectivity index (χ0) is 19.2. The van der Waals surface area contributed by atoms with Crippen molar-refractivity contribution < 1.29 is 9.53 Å². The van der Waals surface area contributed by atoms with Crippen LogP contribution in [0.2, 0.25) is 0 Å². The summed E-state index contributed by atoms with van der Waals surface area (Å²) in [4.78, 5) is 24.2. The summed E-state index contributed by atoms with van der Waals surface area (Å²) >= 11 is 0. The molecule has 1 aromatic heterocycles. The van der Waals surface area contributed by atoms with Gasteiger partial charge in [0, 0.05) is 13.1 Å². The van der Waals surface area contributed by atoms with Gasteiger partial charge in [-0.2, -0.15) is 5.26 Å². The molecule has 0 bridgehead atoms. The average molecular weight is 366 g/mol. The lowest BCUT2D eigenvalue weighted by molar-refractivity contribution is -0.145. The van der Waals surface area contributed by atoms with E-state index in [9.17, 15) is 10.1 Å². The van der Waals surface area contributed by atoms with Gasteiger partial charge in [-0.05, 0) is 37.3 Å². The number of carbonyl (C=O) groups excluding carboxylic acids is 1. The molecule has 2 aromatic rings. The van der Waals surface area contributed by atoms with E-state index >= 15 is 0 Å². The van der Waals surface area contributed by atoms with Crippen molar-refractivity contribution in [1.82, 2.24) is 9.97 Å². The van der Waals surface area contributed by atoms with Crippen LogP contribution in [-0.2, 0) is 9.53 Å². The number of benzene rings is 1. The minimum absolute atomic E-state index is 0.262. The summed E-state index contributed by atoms with van der Waals surface area (Å²) in [5, 5.41) is 9.73. The van der Waals surface area contributed by atoms with E-state index in [-0.39, 0.29) is 5.92 Å². The van der Waals surface area contributed by atoms with Crippen LogP contribution in [0.4, 0.5) is 5.82 Å². The highest BCUT2D eigenvalue weighted by atomic mass is 16.5. The van der Waals surface area contributed by atoms with E-state index in [4.69, 9.17) is 9.72 Å². The molecule has 1 aliphatic rings. The van der Waals surface area contributed by atoms with Crippen LogP contribution in [-0.4, -0.2) is 35.6 Å². The second kappa shape index (κ2) is 8.81. The summed E-state index contributed by atoms with van der Waals surface area (Å²) in [7, 11) is 0. The second-order valence-corrected chi connectivity index (χ2v) is 7.17. The molecule has 1 aliphatic heterocycles. The topological polar surface area (TPSA) is 79.1 Å². The van der Waals surface area contributed by atoms with Gasteiger partial charge >= 0.3 is 5.97 Å². The van der Waals surface area contributed by atoms with Crippen LogP contribution in [0.3, 0.4) is 0 Å². The van der Waals surface area contributed by atoms with Gasteiger partial charge in [0.25, 0.3) is 0 Å². The smallest absolute Gasteiger partial charge is 0.329 e. The standard InChI is InChI=1S/C21H26N4O2/c1-3-15(2)14-27-21(26)16(13-22)19-20(25-11-7-4-8-12-25)24-18-10-6-5-9-17(18)23-19/h5-6,9-10,15-16H,3-4,7-8,11-12,14H2,1-2H3/t15-,16+/m1/s1. The first-order chi connectivity index (χ1) is 13.1. The molecule has 142 valence electrons. The van der Waals surface area contributed by atoms with Crippen molar-refractivity contribution in [2.24, 2.45) is 5.92 Å². The van der Waals surface area contributed by atoms with E-state index in [2.05, 4.69) is 16.0 Å².